The highest BCUT2D eigenvalue weighted by atomic mass is 16.5. The van der Waals surface area contributed by atoms with Crippen molar-refractivity contribution in [2.75, 3.05) is 68.3 Å². The summed E-state index contributed by atoms with van der Waals surface area (Å²) in [7, 11) is 8.47. The summed E-state index contributed by atoms with van der Waals surface area (Å²) in [6.45, 7) is 4.24. The van der Waals surface area contributed by atoms with Crippen LogP contribution in [0.2, 0.25) is 0 Å². The molecule has 4 aliphatic rings. The van der Waals surface area contributed by atoms with Gasteiger partial charge in [-0.2, -0.15) is 0 Å². The number of piperidine rings is 1. The molecule has 3 heterocycles. The number of nitrogens with zero attached hydrogens (tertiary/aromatic N) is 3. The number of carbonyl (C=O) groups excluding carboxylic acids is 1. The maximum absolute atomic E-state index is 14.0. The molecule has 39 heavy (non-hydrogen) atoms. The van der Waals surface area contributed by atoms with Crippen LogP contribution in [0.1, 0.15) is 30.4 Å². The van der Waals surface area contributed by atoms with Crippen molar-refractivity contribution in [3.63, 3.8) is 0 Å². The van der Waals surface area contributed by atoms with E-state index in [9.17, 15) is 4.79 Å². The van der Waals surface area contributed by atoms with Crippen molar-refractivity contribution in [3.8, 4) is 11.5 Å². The zero-order chi connectivity index (χ0) is 27.6. The lowest BCUT2D eigenvalue weighted by Gasteiger charge is -2.45. The van der Waals surface area contributed by atoms with Crippen LogP contribution in [0.15, 0.2) is 47.4 Å². The number of fused-ring (bicyclic) bond motifs is 3. The van der Waals surface area contributed by atoms with Crippen molar-refractivity contribution in [1.29, 1.82) is 0 Å². The quantitative estimate of drug-likeness (QED) is 0.474. The zero-order valence-corrected chi connectivity index (χ0v) is 23.8. The first-order valence-electron chi connectivity index (χ1n) is 13.7. The van der Waals surface area contributed by atoms with E-state index in [1.54, 1.807) is 35.5 Å². The Hall–Kier alpha value is -3.01. The number of rotatable bonds is 9. The van der Waals surface area contributed by atoms with E-state index in [1.807, 2.05) is 23.1 Å². The van der Waals surface area contributed by atoms with E-state index < -0.39 is 0 Å². The molecule has 1 unspecified atom stereocenters. The third-order valence-electron chi connectivity index (χ3n) is 8.63. The molecule has 0 bridgehead atoms. The highest BCUT2D eigenvalue weighted by Crippen LogP contribution is 2.47. The van der Waals surface area contributed by atoms with Crippen LogP contribution in [0.4, 0.5) is 4.79 Å². The topological polar surface area (TPSA) is 72.9 Å². The Morgan fingerprint density at radius 3 is 2.49 bits per heavy atom. The Kier molecular flexibility index (Phi) is 8.21. The van der Waals surface area contributed by atoms with Crippen LogP contribution in [0.3, 0.4) is 0 Å². The average molecular weight is 540 g/mol. The Morgan fingerprint density at radius 1 is 1.03 bits per heavy atom. The van der Waals surface area contributed by atoms with Crippen molar-refractivity contribution in [2.24, 2.45) is 0 Å². The predicted molar refractivity (Wildman–Crippen MR) is 148 cm³/mol. The Morgan fingerprint density at radius 2 is 1.82 bits per heavy atom. The third kappa shape index (κ3) is 5.15. The van der Waals surface area contributed by atoms with Crippen LogP contribution in [-0.2, 0) is 27.2 Å². The predicted octanol–water partition coefficient (Wildman–Crippen LogP) is 3.74. The Balaban J connectivity index is 1.40. The van der Waals surface area contributed by atoms with Crippen LogP contribution in [0, 0.1) is 0 Å². The highest BCUT2D eigenvalue weighted by Gasteiger charge is 2.54. The number of benzene rings is 1. The minimum absolute atomic E-state index is 0.0371. The summed E-state index contributed by atoms with van der Waals surface area (Å²) < 4.78 is 27.8. The summed E-state index contributed by atoms with van der Waals surface area (Å²) in [5, 5.41) is 0. The van der Waals surface area contributed by atoms with Gasteiger partial charge in [0.2, 0.25) is 0 Å². The van der Waals surface area contributed by atoms with Crippen molar-refractivity contribution in [3.05, 3.63) is 58.5 Å². The third-order valence-corrected chi connectivity index (χ3v) is 8.63. The molecular weight excluding hydrogens is 498 g/mol. The Labute approximate surface area is 231 Å². The largest absolute Gasteiger partial charge is 0.497 e. The van der Waals surface area contributed by atoms with Crippen LogP contribution in [-0.4, -0.2) is 101 Å². The SMILES string of the molecule is COCCN1C(=O)N2Cc3cc(OC)cc(OC)c3CC=C2C12CCN(CC1=CC(OC)=CC(OC)C1)CC2. The molecule has 0 N–H and O–H groups in total. The number of hydrogen-bond acceptors (Lipinski definition) is 7. The van der Waals surface area contributed by atoms with E-state index in [0.29, 0.717) is 26.1 Å². The van der Waals surface area contributed by atoms with Gasteiger partial charge in [-0.3, -0.25) is 9.80 Å². The van der Waals surface area contributed by atoms with Crippen molar-refractivity contribution in [1.82, 2.24) is 14.7 Å². The number of ether oxygens (including phenoxy) is 5. The van der Waals surface area contributed by atoms with Gasteiger partial charge in [0.15, 0.2) is 0 Å². The number of urea groups is 1. The molecule has 212 valence electrons. The number of amides is 2. The zero-order valence-electron chi connectivity index (χ0n) is 23.8. The van der Waals surface area contributed by atoms with Gasteiger partial charge in [0, 0.05) is 57.7 Å². The van der Waals surface area contributed by atoms with E-state index in [0.717, 1.165) is 73.0 Å². The fourth-order valence-corrected chi connectivity index (χ4v) is 6.58. The van der Waals surface area contributed by atoms with Crippen LogP contribution in [0.25, 0.3) is 0 Å². The second-order valence-corrected chi connectivity index (χ2v) is 10.6. The summed E-state index contributed by atoms with van der Waals surface area (Å²) in [4.78, 5) is 20.5. The number of methoxy groups -OCH3 is 5. The first kappa shape index (κ1) is 27.6. The van der Waals surface area contributed by atoms with Crippen molar-refractivity contribution < 1.29 is 28.5 Å². The second-order valence-electron chi connectivity index (χ2n) is 10.6. The summed E-state index contributed by atoms with van der Waals surface area (Å²) in [5.41, 5.74) is 4.25. The van der Waals surface area contributed by atoms with Crippen molar-refractivity contribution in [2.45, 2.75) is 43.9 Å². The molecule has 1 spiro atoms. The first-order valence-corrected chi connectivity index (χ1v) is 13.7. The van der Waals surface area contributed by atoms with Gasteiger partial charge in [-0.05, 0) is 55.0 Å². The summed E-state index contributed by atoms with van der Waals surface area (Å²) in [6.07, 6.45) is 9.78. The van der Waals surface area contributed by atoms with Crippen molar-refractivity contribution >= 4 is 6.03 Å². The fourth-order valence-electron chi connectivity index (χ4n) is 6.58. The van der Waals surface area contributed by atoms with E-state index in [1.165, 1.54) is 5.57 Å². The lowest BCUT2D eigenvalue weighted by Crippen LogP contribution is -2.54. The molecule has 5 rings (SSSR count). The monoisotopic (exact) mass is 539 g/mol. The molecule has 9 heteroatoms. The van der Waals surface area contributed by atoms with E-state index in [4.69, 9.17) is 23.7 Å². The lowest BCUT2D eigenvalue weighted by molar-refractivity contribution is 0.0708. The number of likely N-dealkylation sites (tertiary alicyclic amines) is 1. The van der Waals surface area contributed by atoms with Gasteiger partial charge in [0.05, 0.1) is 46.1 Å². The van der Waals surface area contributed by atoms with Gasteiger partial charge in [0.25, 0.3) is 0 Å². The van der Waals surface area contributed by atoms with Gasteiger partial charge < -0.3 is 28.6 Å². The fraction of sp³-hybridized carbons (Fsp3) is 0.567. The molecule has 2 saturated heterocycles. The minimum atomic E-state index is -0.348. The van der Waals surface area contributed by atoms with Gasteiger partial charge in [-0.25, -0.2) is 4.79 Å². The summed E-state index contributed by atoms with van der Waals surface area (Å²) in [5.74, 6) is 2.39. The van der Waals surface area contributed by atoms with Gasteiger partial charge in [-0.1, -0.05) is 6.08 Å². The maximum Gasteiger partial charge on any atom is 0.325 e. The molecule has 0 radical (unpaired) electrons. The second kappa shape index (κ2) is 11.6. The van der Waals surface area contributed by atoms with E-state index >= 15 is 0 Å². The van der Waals surface area contributed by atoms with Gasteiger partial charge in [0.1, 0.15) is 17.3 Å². The van der Waals surface area contributed by atoms with Gasteiger partial charge >= 0.3 is 6.03 Å². The van der Waals surface area contributed by atoms with Crippen LogP contribution >= 0.6 is 0 Å². The average Bonchev–Trinajstić information content (AvgIpc) is 3.08. The van der Waals surface area contributed by atoms with E-state index in [2.05, 4.69) is 22.0 Å². The molecule has 1 aliphatic carbocycles. The molecule has 9 nitrogen and oxygen atoms in total. The molecule has 2 amide bonds. The molecular formula is C30H41N3O6. The summed E-state index contributed by atoms with van der Waals surface area (Å²) in [6, 6.07) is 4.00. The lowest BCUT2D eigenvalue weighted by atomic mass is 9.82. The molecule has 1 aromatic rings. The smallest absolute Gasteiger partial charge is 0.325 e. The maximum atomic E-state index is 14.0. The van der Waals surface area contributed by atoms with E-state index in [-0.39, 0.29) is 17.7 Å². The number of carbonyl (C=O) groups is 1. The van der Waals surface area contributed by atoms with Crippen LogP contribution in [0.5, 0.6) is 11.5 Å². The molecule has 2 fully saturated rings. The van der Waals surface area contributed by atoms with Gasteiger partial charge in [-0.15, -0.1) is 0 Å². The Bertz CT molecular complexity index is 1170. The first-order chi connectivity index (χ1) is 19.0. The molecule has 0 aromatic heterocycles. The minimum Gasteiger partial charge on any atom is -0.497 e. The molecule has 3 aliphatic heterocycles. The standard InChI is InChI=1S/C30H41N3O6/c1-35-13-12-33-29(34)32-20-22-16-25(38-4)18-27(39-5)26(22)6-7-28(32)30(33)8-10-31(11-9-30)19-21-14-23(36-2)17-24(15-21)37-3/h7,14,16-18,24H,6,8-13,15,19-20H2,1-5H3. The molecule has 0 saturated carbocycles. The summed E-state index contributed by atoms with van der Waals surface area (Å²) >= 11 is 0. The number of allylic oxidation sites excluding steroid dienone is 2. The van der Waals surface area contributed by atoms with Crippen LogP contribution < -0.4 is 9.47 Å². The normalized spacial score (nSPS) is 22.5. The molecule has 1 aromatic carbocycles. The highest BCUT2D eigenvalue weighted by molar-refractivity contribution is 5.83. The number of hydrogen-bond donors (Lipinski definition) is 0. The molecule has 1 atom stereocenters.